The molecule has 1 aliphatic rings. The van der Waals surface area contributed by atoms with E-state index in [9.17, 15) is 4.79 Å². The van der Waals surface area contributed by atoms with Crippen LogP contribution >= 0.6 is 0 Å². The fraction of sp³-hybridized carbons (Fsp3) is 0.667. The van der Waals surface area contributed by atoms with Crippen LogP contribution in [-0.2, 0) is 0 Å². The fourth-order valence-corrected chi connectivity index (χ4v) is 0.856. The van der Waals surface area contributed by atoms with Gasteiger partial charge in [0.15, 0.2) is 0 Å². The Hall–Kier alpha value is -1.06. The average Bonchev–Trinajstić information content (AvgIpc) is 2.12. The van der Waals surface area contributed by atoms with Crippen molar-refractivity contribution in [3.8, 4) is 0 Å². The number of carboxylic acid groups (broad SMARTS) is 1. The number of hydrazone groups is 1. The molecule has 0 saturated carbocycles. The van der Waals surface area contributed by atoms with Gasteiger partial charge in [0.1, 0.15) is 0 Å². The molecule has 4 nitrogen and oxygen atoms in total. The molecule has 0 spiro atoms. The Morgan fingerprint density at radius 3 is 3.10 bits per heavy atom. The third-order valence-corrected chi connectivity index (χ3v) is 1.39. The van der Waals surface area contributed by atoms with E-state index in [0.717, 1.165) is 24.3 Å². The zero-order valence-electron chi connectivity index (χ0n) is 5.66. The van der Waals surface area contributed by atoms with Crippen LogP contribution in [0.3, 0.4) is 0 Å². The molecular formula is C6H10N2O2. The highest BCUT2D eigenvalue weighted by Crippen LogP contribution is 2.03. The van der Waals surface area contributed by atoms with Gasteiger partial charge in [0.2, 0.25) is 0 Å². The standard InChI is InChI=1S/C6H10N2O2/c9-6(10)8-5-3-1-2-4-7-8/h4H,1-3,5H2,(H,9,10). The summed E-state index contributed by atoms with van der Waals surface area (Å²) in [6, 6.07) is 0. The predicted molar refractivity (Wildman–Crippen MR) is 37.1 cm³/mol. The third kappa shape index (κ3) is 1.72. The molecule has 0 aromatic heterocycles. The van der Waals surface area contributed by atoms with Gasteiger partial charge in [-0.1, -0.05) is 0 Å². The molecule has 1 heterocycles. The minimum absolute atomic E-state index is 0.534. The zero-order valence-corrected chi connectivity index (χ0v) is 5.66. The van der Waals surface area contributed by atoms with Gasteiger partial charge in [0.05, 0.1) is 0 Å². The smallest absolute Gasteiger partial charge is 0.427 e. The Morgan fingerprint density at radius 1 is 1.60 bits per heavy atom. The van der Waals surface area contributed by atoms with Crippen LogP contribution in [0, 0.1) is 0 Å². The quantitative estimate of drug-likeness (QED) is 0.551. The molecule has 0 radical (unpaired) electrons. The lowest BCUT2D eigenvalue weighted by atomic mass is 10.2. The normalized spacial score (nSPS) is 18.6. The van der Waals surface area contributed by atoms with E-state index in [1.807, 2.05) is 0 Å². The lowest BCUT2D eigenvalue weighted by Gasteiger charge is -2.08. The lowest BCUT2D eigenvalue weighted by Crippen LogP contribution is -2.23. The number of hydrogen-bond acceptors (Lipinski definition) is 2. The average molecular weight is 142 g/mol. The van der Waals surface area contributed by atoms with E-state index in [2.05, 4.69) is 5.10 Å². The number of amides is 1. The van der Waals surface area contributed by atoms with Gasteiger partial charge >= 0.3 is 6.09 Å². The van der Waals surface area contributed by atoms with Crippen LogP contribution in [0.4, 0.5) is 4.79 Å². The molecule has 0 bridgehead atoms. The summed E-state index contributed by atoms with van der Waals surface area (Å²) in [7, 11) is 0. The lowest BCUT2D eigenvalue weighted by molar-refractivity contribution is 0.147. The molecule has 1 aliphatic heterocycles. The summed E-state index contributed by atoms with van der Waals surface area (Å²) in [5.74, 6) is 0. The summed E-state index contributed by atoms with van der Waals surface area (Å²) in [4.78, 5) is 10.3. The summed E-state index contributed by atoms with van der Waals surface area (Å²) < 4.78 is 0. The first-order valence-corrected chi connectivity index (χ1v) is 3.33. The Bertz CT molecular complexity index is 156. The van der Waals surface area contributed by atoms with Crippen molar-refractivity contribution < 1.29 is 9.90 Å². The van der Waals surface area contributed by atoms with Gasteiger partial charge in [0.25, 0.3) is 0 Å². The minimum Gasteiger partial charge on any atom is -0.464 e. The van der Waals surface area contributed by atoms with E-state index >= 15 is 0 Å². The molecule has 1 N–H and O–H groups in total. The van der Waals surface area contributed by atoms with Crippen molar-refractivity contribution in [2.24, 2.45) is 5.10 Å². The van der Waals surface area contributed by atoms with Gasteiger partial charge in [-0.05, 0) is 19.3 Å². The molecule has 0 aromatic rings. The summed E-state index contributed by atoms with van der Waals surface area (Å²) in [5, 5.41) is 13.3. The highest BCUT2D eigenvalue weighted by molar-refractivity contribution is 5.67. The summed E-state index contributed by atoms with van der Waals surface area (Å²) in [6.07, 6.45) is 3.53. The largest absolute Gasteiger partial charge is 0.464 e. The van der Waals surface area contributed by atoms with E-state index in [-0.39, 0.29) is 0 Å². The molecule has 4 heteroatoms. The minimum atomic E-state index is -0.960. The van der Waals surface area contributed by atoms with Crippen LogP contribution in [0.5, 0.6) is 0 Å². The van der Waals surface area contributed by atoms with Crippen LogP contribution < -0.4 is 0 Å². The van der Waals surface area contributed by atoms with Gasteiger partial charge in [0, 0.05) is 12.8 Å². The Morgan fingerprint density at radius 2 is 2.40 bits per heavy atom. The molecule has 56 valence electrons. The molecule has 0 unspecified atom stereocenters. The van der Waals surface area contributed by atoms with Crippen LogP contribution in [0.25, 0.3) is 0 Å². The second kappa shape index (κ2) is 3.20. The molecular weight excluding hydrogens is 132 g/mol. The van der Waals surface area contributed by atoms with E-state index in [1.165, 1.54) is 0 Å². The zero-order chi connectivity index (χ0) is 7.40. The monoisotopic (exact) mass is 142 g/mol. The number of hydrogen-bond donors (Lipinski definition) is 1. The van der Waals surface area contributed by atoms with Crippen molar-refractivity contribution >= 4 is 12.3 Å². The highest BCUT2D eigenvalue weighted by Gasteiger charge is 2.09. The first-order valence-electron chi connectivity index (χ1n) is 3.33. The van der Waals surface area contributed by atoms with Crippen LogP contribution in [-0.4, -0.2) is 29.0 Å². The molecule has 10 heavy (non-hydrogen) atoms. The maximum Gasteiger partial charge on any atom is 0.427 e. The van der Waals surface area contributed by atoms with Crippen molar-refractivity contribution in [1.29, 1.82) is 0 Å². The fourth-order valence-electron chi connectivity index (χ4n) is 0.856. The second-order valence-electron chi connectivity index (χ2n) is 2.20. The second-order valence-corrected chi connectivity index (χ2v) is 2.20. The van der Waals surface area contributed by atoms with Crippen LogP contribution in [0.1, 0.15) is 19.3 Å². The number of nitrogens with zero attached hydrogens (tertiary/aromatic N) is 2. The van der Waals surface area contributed by atoms with Crippen molar-refractivity contribution in [2.45, 2.75) is 19.3 Å². The molecule has 0 aliphatic carbocycles. The molecule has 1 rings (SSSR count). The van der Waals surface area contributed by atoms with Gasteiger partial charge < -0.3 is 5.11 Å². The van der Waals surface area contributed by atoms with E-state index < -0.39 is 6.09 Å². The maximum atomic E-state index is 10.3. The summed E-state index contributed by atoms with van der Waals surface area (Å²) >= 11 is 0. The first kappa shape index (κ1) is 7.05. The van der Waals surface area contributed by atoms with Crippen LogP contribution in [0.15, 0.2) is 5.10 Å². The van der Waals surface area contributed by atoms with Crippen molar-refractivity contribution in [2.75, 3.05) is 6.54 Å². The predicted octanol–water partition coefficient (Wildman–Crippen LogP) is 1.14. The van der Waals surface area contributed by atoms with E-state index in [4.69, 9.17) is 5.11 Å². The van der Waals surface area contributed by atoms with Gasteiger partial charge in [-0.2, -0.15) is 10.1 Å². The summed E-state index contributed by atoms with van der Waals surface area (Å²) in [6.45, 7) is 0.534. The van der Waals surface area contributed by atoms with Gasteiger partial charge in [-0.15, -0.1) is 0 Å². The van der Waals surface area contributed by atoms with E-state index in [1.54, 1.807) is 6.21 Å². The number of carbonyl (C=O) groups is 1. The molecule has 0 atom stereocenters. The first-order chi connectivity index (χ1) is 4.80. The van der Waals surface area contributed by atoms with Crippen LogP contribution in [0.2, 0.25) is 0 Å². The molecule has 1 amide bonds. The third-order valence-electron chi connectivity index (χ3n) is 1.39. The Kier molecular flexibility index (Phi) is 2.25. The maximum absolute atomic E-state index is 10.3. The highest BCUT2D eigenvalue weighted by atomic mass is 16.4. The summed E-state index contributed by atoms with van der Waals surface area (Å²) in [5.41, 5.74) is 0. The molecule has 0 fully saturated rings. The van der Waals surface area contributed by atoms with Crippen molar-refractivity contribution in [3.05, 3.63) is 0 Å². The topological polar surface area (TPSA) is 52.9 Å². The van der Waals surface area contributed by atoms with Gasteiger partial charge in [-0.25, -0.2) is 4.79 Å². The van der Waals surface area contributed by atoms with Crippen molar-refractivity contribution in [3.63, 3.8) is 0 Å². The van der Waals surface area contributed by atoms with Crippen molar-refractivity contribution in [1.82, 2.24) is 5.01 Å². The number of rotatable bonds is 0. The van der Waals surface area contributed by atoms with Gasteiger partial charge in [-0.3, -0.25) is 0 Å². The molecule has 0 aromatic carbocycles. The Balaban J connectivity index is 2.49. The Labute approximate surface area is 59.1 Å². The SMILES string of the molecule is O=C(O)N1CCCCC=N1. The molecule has 0 saturated heterocycles. The van der Waals surface area contributed by atoms with E-state index in [0.29, 0.717) is 6.54 Å².